The number of aryl methyl sites for hydroxylation is 1. The van der Waals surface area contributed by atoms with E-state index in [4.69, 9.17) is 0 Å². The molecule has 148 valence electrons. The van der Waals surface area contributed by atoms with E-state index in [-0.39, 0.29) is 18.5 Å². The van der Waals surface area contributed by atoms with Crippen LogP contribution in [0.2, 0.25) is 0 Å². The summed E-state index contributed by atoms with van der Waals surface area (Å²) in [6, 6.07) is 15.1. The monoisotopic (exact) mass is 395 g/mol. The van der Waals surface area contributed by atoms with E-state index in [1.54, 1.807) is 11.3 Å². The number of nitrogens with one attached hydrogen (secondary N) is 2. The van der Waals surface area contributed by atoms with Crippen molar-refractivity contribution in [3.8, 4) is 6.07 Å². The highest BCUT2D eigenvalue weighted by atomic mass is 32.1. The molecule has 5 heteroatoms. The summed E-state index contributed by atoms with van der Waals surface area (Å²) in [4.78, 5) is 13.7. The van der Waals surface area contributed by atoms with Gasteiger partial charge < -0.3 is 5.32 Å². The average molecular weight is 396 g/mol. The zero-order chi connectivity index (χ0) is 19.8. The maximum atomic E-state index is 12.5. The number of carbonyl (C=O) groups excluding carboxylic acids is 1. The second-order valence-electron chi connectivity index (χ2n) is 7.62. The Labute approximate surface area is 172 Å². The van der Waals surface area contributed by atoms with Crippen molar-refractivity contribution in [2.75, 3.05) is 6.54 Å². The van der Waals surface area contributed by atoms with Crippen molar-refractivity contribution in [2.45, 2.75) is 63.5 Å². The highest BCUT2D eigenvalue weighted by Crippen LogP contribution is 2.29. The molecular weight excluding hydrogens is 366 g/mol. The Hall–Kier alpha value is -2.16. The number of nitriles is 1. The number of rotatable bonds is 9. The topological polar surface area (TPSA) is 64.9 Å². The first-order valence-corrected chi connectivity index (χ1v) is 11.1. The molecule has 2 N–H and O–H groups in total. The van der Waals surface area contributed by atoms with Crippen LogP contribution in [-0.4, -0.2) is 18.0 Å². The van der Waals surface area contributed by atoms with Gasteiger partial charge in [0.05, 0.1) is 18.7 Å². The molecule has 0 bridgehead atoms. The number of hydrogen-bond acceptors (Lipinski definition) is 4. The first-order chi connectivity index (χ1) is 13.7. The van der Waals surface area contributed by atoms with Crippen molar-refractivity contribution in [3.63, 3.8) is 0 Å². The molecule has 1 aliphatic carbocycles. The van der Waals surface area contributed by atoms with Crippen molar-refractivity contribution in [3.05, 3.63) is 57.8 Å². The minimum Gasteiger partial charge on any atom is -0.337 e. The standard InChI is InChI=1S/C23H29N3OS/c1-2-3-7-18-9-11-19(12-10-18)22(20-8-6-15-28-20)25-16-21(27)26-23(17-24)13-4-5-14-23/h6,8-12,15,22,25H,2-5,7,13-14,16H2,1H3,(H,26,27)/t22-/m1/s1. The molecule has 1 aliphatic rings. The van der Waals surface area contributed by atoms with E-state index in [1.807, 2.05) is 6.07 Å². The van der Waals surface area contributed by atoms with Gasteiger partial charge in [0.2, 0.25) is 5.91 Å². The number of unbranched alkanes of at least 4 members (excludes halogenated alkanes) is 1. The normalized spacial score (nSPS) is 16.4. The van der Waals surface area contributed by atoms with E-state index in [1.165, 1.54) is 23.3 Å². The molecule has 2 aromatic rings. The molecule has 0 unspecified atom stereocenters. The van der Waals surface area contributed by atoms with Gasteiger partial charge >= 0.3 is 0 Å². The highest BCUT2D eigenvalue weighted by Gasteiger charge is 2.35. The summed E-state index contributed by atoms with van der Waals surface area (Å²) >= 11 is 1.69. The fourth-order valence-electron chi connectivity index (χ4n) is 3.85. The van der Waals surface area contributed by atoms with Gasteiger partial charge in [-0.2, -0.15) is 5.26 Å². The van der Waals surface area contributed by atoms with Crippen LogP contribution in [0.1, 0.15) is 67.5 Å². The van der Waals surface area contributed by atoms with Gasteiger partial charge in [-0.05, 0) is 61.1 Å². The molecule has 1 fully saturated rings. The zero-order valence-corrected chi connectivity index (χ0v) is 17.4. The van der Waals surface area contributed by atoms with Gasteiger partial charge in [-0.1, -0.05) is 43.7 Å². The fraction of sp³-hybridized carbons (Fsp3) is 0.478. The lowest BCUT2D eigenvalue weighted by molar-refractivity contribution is -0.121. The molecule has 0 saturated heterocycles. The van der Waals surface area contributed by atoms with Crippen LogP contribution in [0.4, 0.5) is 0 Å². The molecule has 1 heterocycles. The lowest BCUT2D eigenvalue weighted by Gasteiger charge is -2.23. The average Bonchev–Trinajstić information content (AvgIpc) is 3.40. The van der Waals surface area contributed by atoms with Crippen molar-refractivity contribution in [1.82, 2.24) is 10.6 Å². The minimum atomic E-state index is -0.669. The van der Waals surface area contributed by atoms with Crippen LogP contribution < -0.4 is 10.6 Å². The van der Waals surface area contributed by atoms with Crippen LogP contribution >= 0.6 is 11.3 Å². The molecule has 0 radical (unpaired) electrons. The van der Waals surface area contributed by atoms with Crippen LogP contribution in [0, 0.1) is 11.3 Å². The van der Waals surface area contributed by atoms with Gasteiger partial charge in [-0.3, -0.25) is 10.1 Å². The lowest BCUT2D eigenvalue weighted by atomic mass is 9.99. The first-order valence-electron chi connectivity index (χ1n) is 10.2. The third-order valence-electron chi connectivity index (χ3n) is 5.48. The quantitative estimate of drug-likeness (QED) is 0.645. The predicted molar refractivity (Wildman–Crippen MR) is 114 cm³/mol. The molecule has 1 aromatic heterocycles. The smallest absolute Gasteiger partial charge is 0.235 e. The van der Waals surface area contributed by atoms with E-state index in [2.05, 4.69) is 59.3 Å². The van der Waals surface area contributed by atoms with E-state index in [0.717, 1.165) is 37.7 Å². The Morgan fingerprint density at radius 2 is 2.00 bits per heavy atom. The molecule has 1 atom stereocenters. The van der Waals surface area contributed by atoms with Gasteiger partial charge in [0.15, 0.2) is 0 Å². The third kappa shape index (κ3) is 5.21. The number of thiophene rings is 1. The maximum Gasteiger partial charge on any atom is 0.235 e. The molecule has 1 saturated carbocycles. The second-order valence-corrected chi connectivity index (χ2v) is 8.60. The summed E-state index contributed by atoms with van der Waals surface area (Å²) in [6.07, 6.45) is 7.01. The Balaban J connectivity index is 1.66. The maximum absolute atomic E-state index is 12.5. The van der Waals surface area contributed by atoms with Crippen molar-refractivity contribution in [2.24, 2.45) is 0 Å². The van der Waals surface area contributed by atoms with Crippen molar-refractivity contribution >= 4 is 17.2 Å². The number of nitrogens with zero attached hydrogens (tertiary/aromatic N) is 1. The Bertz CT molecular complexity index is 786. The van der Waals surface area contributed by atoms with Crippen LogP contribution in [0.15, 0.2) is 41.8 Å². The number of benzene rings is 1. The van der Waals surface area contributed by atoms with Gasteiger partial charge in [0.25, 0.3) is 0 Å². The van der Waals surface area contributed by atoms with E-state index >= 15 is 0 Å². The summed E-state index contributed by atoms with van der Waals surface area (Å²) in [5.41, 5.74) is 1.84. The van der Waals surface area contributed by atoms with Crippen LogP contribution in [-0.2, 0) is 11.2 Å². The summed E-state index contributed by atoms with van der Waals surface area (Å²) in [5.74, 6) is -0.107. The van der Waals surface area contributed by atoms with Crippen molar-refractivity contribution < 1.29 is 4.79 Å². The number of amides is 1. The Morgan fingerprint density at radius 1 is 1.25 bits per heavy atom. The first kappa shape index (κ1) is 20.6. The Morgan fingerprint density at radius 3 is 2.61 bits per heavy atom. The molecule has 0 aliphatic heterocycles. The molecule has 1 amide bonds. The zero-order valence-electron chi connectivity index (χ0n) is 16.5. The minimum absolute atomic E-state index is 0.0208. The largest absolute Gasteiger partial charge is 0.337 e. The summed E-state index contributed by atoms with van der Waals surface area (Å²) in [7, 11) is 0. The highest BCUT2D eigenvalue weighted by molar-refractivity contribution is 7.10. The lowest BCUT2D eigenvalue weighted by Crippen LogP contribution is -2.48. The SMILES string of the molecule is CCCCc1ccc([C@@H](NCC(=O)NC2(C#N)CCCC2)c2cccs2)cc1. The van der Waals surface area contributed by atoms with Crippen LogP contribution in [0.3, 0.4) is 0 Å². The number of carbonyl (C=O) groups is 1. The molecule has 0 spiro atoms. The summed E-state index contributed by atoms with van der Waals surface area (Å²) < 4.78 is 0. The molecule has 1 aromatic carbocycles. The van der Waals surface area contributed by atoms with Gasteiger partial charge in [-0.25, -0.2) is 0 Å². The Kier molecular flexibility index (Phi) is 7.24. The van der Waals surface area contributed by atoms with E-state index in [0.29, 0.717) is 0 Å². The van der Waals surface area contributed by atoms with Gasteiger partial charge in [0.1, 0.15) is 5.54 Å². The van der Waals surface area contributed by atoms with E-state index < -0.39 is 5.54 Å². The molecule has 4 nitrogen and oxygen atoms in total. The second kappa shape index (κ2) is 9.86. The summed E-state index contributed by atoms with van der Waals surface area (Å²) in [5, 5.41) is 17.9. The fourth-order valence-corrected chi connectivity index (χ4v) is 4.67. The van der Waals surface area contributed by atoms with Crippen molar-refractivity contribution in [1.29, 1.82) is 5.26 Å². The predicted octanol–water partition coefficient (Wildman–Crippen LogP) is 4.72. The van der Waals surface area contributed by atoms with Gasteiger partial charge in [0, 0.05) is 4.88 Å². The third-order valence-corrected chi connectivity index (χ3v) is 6.41. The van der Waals surface area contributed by atoms with Gasteiger partial charge in [-0.15, -0.1) is 11.3 Å². The number of hydrogen-bond donors (Lipinski definition) is 2. The molecule has 3 rings (SSSR count). The molecular formula is C23H29N3OS. The molecule has 28 heavy (non-hydrogen) atoms. The van der Waals surface area contributed by atoms with E-state index in [9.17, 15) is 10.1 Å². The summed E-state index contributed by atoms with van der Waals surface area (Å²) in [6.45, 7) is 2.40. The van der Waals surface area contributed by atoms with Crippen LogP contribution in [0.5, 0.6) is 0 Å². The van der Waals surface area contributed by atoms with Crippen LogP contribution in [0.25, 0.3) is 0 Å².